The van der Waals surface area contributed by atoms with E-state index in [1.54, 1.807) is 6.20 Å². The summed E-state index contributed by atoms with van der Waals surface area (Å²) in [6.45, 7) is 0.832. The van der Waals surface area contributed by atoms with Gasteiger partial charge < -0.3 is 5.32 Å². The van der Waals surface area contributed by atoms with Crippen LogP contribution in [0.1, 0.15) is 12.8 Å². The third-order valence-electron chi connectivity index (χ3n) is 3.86. The first-order chi connectivity index (χ1) is 8.29. The van der Waals surface area contributed by atoms with Crippen LogP contribution in [0.25, 0.3) is 0 Å². The largest absolute Gasteiger partial charge is 0.309 e. The van der Waals surface area contributed by atoms with Crippen molar-refractivity contribution in [2.75, 3.05) is 18.5 Å². The number of anilines is 1. The summed E-state index contributed by atoms with van der Waals surface area (Å²) in [6.07, 6.45) is 3.98. The topological polar surface area (TPSA) is 45.2 Å². The average Bonchev–Trinajstić information content (AvgIpc) is 3.11. The van der Waals surface area contributed by atoms with E-state index in [4.69, 9.17) is 0 Å². The lowest BCUT2D eigenvalue weighted by atomic mass is 10.1. The van der Waals surface area contributed by atoms with Gasteiger partial charge in [0.2, 0.25) is 5.91 Å². The van der Waals surface area contributed by atoms with E-state index in [1.165, 1.54) is 6.42 Å². The smallest absolute Gasteiger partial charge is 0.245 e. The van der Waals surface area contributed by atoms with Crippen LogP contribution in [0.4, 0.5) is 5.82 Å². The van der Waals surface area contributed by atoms with Crippen LogP contribution in [0.3, 0.4) is 0 Å². The van der Waals surface area contributed by atoms with Crippen LogP contribution in [0.5, 0.6) is 0 Å². The molecule has 3 rings (SSSR count). The van der Waals surface area contributed by atoms with Crippen molar-refractivity contribution in [1.29, 1.82) is 0 Å². The highest BCUT2D eigenvalue weighted by Crippen LogP contribution is 2.45. The molecule has 2 heterocycles. The Bertz CT molecular complexity index is 420. The summed E-state index contributed by atoms with van der Waals surface area (Å²) in [5, 5.41) is 3.13. The van der Waals surface area contributed by atoms with Crippen LogP contribution >= 0.6 is 0 Å². The predicted octanol–water partition coefficient (Wildman–Crippen LogP) is 1.04. The fourth-order valence-electron chi connectivity index (χ4n) is 2.70. The van der Waals surface area contributed by atoms with Gasteiger partial charge in [-0.05, 0) is 43.9 Å². The zero-order valence-corrected chi connectivity index (χ0v) is 9.97. The average molecular weight is 231 g/mol. The quantitative estimate of drug-likeness (QED) is 0.827. The molecule has 0 radical (unpaired) electrons. The first kappa shape index (κ1) is 10.7. The van der Waals surface area contributed by atoms with Gasteiger partial charge >= 0.3 is 0 Å². The molecule has 4 nitrogen and oxygen atoms in total. The number of amides is 1. The van der Waals surface area contributed by atoms with E-state index in [-0.39, 0.29) is 11.9 Å². The number of carbonyl (C=O) groups excluding carboxylic acids is 1. The molecule has 2 fully saturated rings. The van der Waals surface area contributed by atoms with Gasteiger partial charge in [-0.1, -0.05) is 6.07 Å². The van der Waals surface area contributed by atoms with Gasteiger partial charge in [0.05, 0.1) is 6.04 Å². The van der Waals surface area contributed by atoms with Crippen molar-refractivity contribution in [2.45, 2.75) is 18.9 Å². The lowest BCUT2D eigenvalue weighted by molar-refractivity contribution is -0.120. The summed E-state index contributed by atoms with van der Waals surface area (Å²) in [5.41, 5.74) is 0. The first-order valence-corrected chi connectivity index (χ1v) is 6.19. The number of rotatable bonds is 2. The number of nitrogens with zero attached hydrogens (tertiary/aromatic N) is 2. The second kappa shape index (κ2) is 4.11. The van der Waals surface area contributed by atoms with E-state index in [0.717, 1.165) is 24.7 Å². The molecule has 17 heavy (non-hydrogen) atoms. The summed E-state index contributed by atoms with van der Waals surface area (Å²) in [5.74, 6) is 2.35. The summed E-state index contributed by atoms with van der Waals surface area (Å²) in [6, 6.07) is 5.67. The van der Waals surface area contributed by atoms with E-state index >= 15 is 0 Å². The van der Waals surface area contributed by atoms with E-state index < -0.39 is 0 Å². The van der Waals surface area contributed by atoms with Crippen LogP contribution in [-0.4, -0.2) is 30.5 Å². The molecule has 1 saturated carbocycles. The van der Waals surface area contributed by atoms with Crippen LogP contribution < -0.4 is 10.2 Å². The first-order valence-electron chi connectivity index (χ1n) is 6.19. The summed E-state index contributed by atoms with van der Waals surface area (Å²) >= 11 is 0. The third kappa shape index (κ3) is 1.93. The maximum atomic E-state index is 12.4. The third-order valence-corrected chi connectivity index (χ3v) is 3.86. The molecule has 0 aromatic carbocycles. The Morgan fingerprint density at radius 3 is 2.94 bits per heavy atom. The van der Waals surface area contributed by atoms with E-state index in [2.05, 4.69) is 10.3 Å². The standard InChI is InChI=1S/C13H17N3O/c1-14-11-7-9-6-10(9)8-16(13(11)17)12-4-2-3-5-15-12/h2-5,9-11,14H,6-8H2,1H3. The minimum absolute atomic E-state index is 0.0468. The summed E-state index contributed by atoms with van der Waals surface area (Å²) < 4.78 is 0. The minimum atomic E-state index is -0.0468. The molecule has 3 unspecified atom stereocenters. The van der Waals surface area contributed by atoms with Crippen LogP contribution in [0.15, 0.2) is 24.4 Å². The number of nitrogens with one attached hydrogen (secondary N) is 1. The van der Waals surface area contributed by atoms with Gasteiger partial charge in [-0.2, -0.15) is 0 Å². The van der Waals surface area contributed by atoms with Gasteiger partial charge in [-0.25, -0.2) is 4.98 Å². The Morgan fingerprint density at radius 2 is 2.24 bits per heavy atom. The Labute approximate surface area is 101 Å². The molecule has 0 bridgehead atoms. The maximum absolute atomic E-state index is 12.4. The number of fused-ring (bicyclic) bond motifs is 1. The molecule has 1 N–H and O–H groups in total. The highest BCUT2D eigenvalue weighted by Gasteiger charge is 2.45. The number of hydrogen-bond acceptors (Lipinski definition) is 3. The van der Waals surface area contributed by atoms with Crippen LogP contribution in [0.2, 0.25) is 0 Å². The molecule has 1 aromatic heterocycles. The Kier molecular flexibility index (Phi) is 2.59. The highest BCUT2D eigenvalue weighted by molar-refractivity contribution is 5.96. The van der Waals surface area contributed by atoms with Crippen molar-refractivity contribution in [1.82, 2.24) is 10.3 Å². The molecule has 1 aromatic rings. The molecular weight excluding hydrogens is 214 g/mol. The van der Waals surface area contributed by atoms with E-state index in [0.29, 0.717) is 5.92 Å². The maximum Gasteiger partial charge on any atom is 0.245 e. The fourth-order valence-corrected chi connectivity index (χ4v) is 2.70. The molecule has 90 valence electrons. The van der Waals surface area contributed by atoms with Gasteiger partial charge in [0.15, 0.2) is 0 Å². The van der Waals surface area contributed by atoms with Gasteiger partial charge in [0, 0.05) is 12.7 Å². The van der Waals surface area contributed by atoms with Crippen LogP contribution in [0, 0.1) is 11.8 Å². The lowest BCUT2D eigenvalue weighted by Gasteiger charge is -2.24. The van der Waals surface area contributed by atoms with Gasteiger partial charge in [0.25, 0.3) is 0 Å². The second-order valence-corrected chi connectivity index (χ2v) is 4.97. The number of pyridine rings is 1. The normalized spacial score (nSPS) is 31.9. The molecular formula is C13H17N3O. The summed E-state index contributed by atoms with van der Waals surface area (Å²) in [4.78, 5) is 18.5. The van der Waals surface area contributed by atoms with Crippen molar-refractivity contribution in [3.8, 4) is 0 Å². The molecule has 1 saturated heterocycles. The number of carbonyl (C=O) groups is 1. The molecule has 2 aliphatic rings. The second-order valence-electron chi connectivity index (χ2n) is 4.97. The van der Waals surface area contributed by atoms with E-state index in [9.17, 15) is 4.79 Å². The Balaban J connectivity index is 1.89. The van der Waals surface area contributed by atoms with Gasteiger partial charge in [-0.15, -0.1) is 0 Å². The van der Waals surface area contributed by atoms with Gasteiger partial charge in [-0.3, -0.25) is 9.69 Å². The zero-order chi connectivity index (χ0) is 11.8. The summed E-state index contributed by atoms with van der Waals surface area (Å²) in [7, 11) is 1.86. The monoisotopic (exact) mass is 231 g/mol. The van der Waals surface area contributed by atoms with Crippen molar-refractivity contribution >= 4 is 11.7 Å². The minimum Gasteiger partial charge on any atom is -0.309 e. The van der Waals surface area contributed by atoms with Crippen molar-refractivity contribution < 1.29 is 4.79 Å². The van der Waals surface area contributed by atoms with E-state index in [1.807, 2.05) is 30.1 Å². The zero-order valence-electron chi connectivity index (χ0n) is 9.97. The van der Waals surface area contributed by atoms with Gasteiger partial charge in [0.1, 0.15) is 5.82 Å². The highest BCUT2D eigenvalue weighted by atomic mass is 16.2. The predicted molar refractivity (Wildman–Crippen MR) is 65.7 cm³/mol. The fraction of sp³-hybridized carbons (Fsp3) is 0.538. The Hall–Kier alpha value is -1.42. The number of hydrogen-bond donors (Lipinski definition) is 1. The molecule has 4 heteroatoms. The lowest BCUT2D eigenvalue weighted by Crippen LogP contribution is -2.45. The molecule has 1 aliphatic carbocycles. The van der Waals surface area contributed by atoms with Crippen molar-refractivity contribution in [2.24, 2.45) is 11.8 Å². The molecule has 3 atom stereocenters. The molecule has 0 spiro atoms. The number of likely N-dealkylation sites (N-methyl/N-ethyl adjacent to an activating group) is 1. The van der Waals surface area contributed by atoms with Crippen molar-refractivity contribution in [3.63, 3.8) is 0 Å². The SMILES string of the molecule is CNC1CC2CC2CN(c2ccccn2)C1=O. The number of aromatic nitrogens is 1. The van der Waals surface area contributed by atoms with Crippen molar-refractivity contribution in [3.05, 3.63) is 24.4 Å². The Morgan fingerprint density at radius 1 is 1.35 bits per heavy atom. The molecule has 1 amide bonds. The van der Waals surface area contributed by atoms with Crippen LogP contribution in [-0.2, 0) is 4.79 Å². The molecule has 1 aliphatic heterocycles.